The maximum atomic E-state index is 10.4. The maximum absolute atomic E-state index is 10.4. The van der Waals surface area contributed by atoms with E-state index in [9.17, 15) is 4.79 Å². The van der Waals surface area contributed by atoms with Crippen molar-refractivity contribution < 1.29 is 19.4 Å². The molecule has 0 rings (SSSR count). The molecule has 0 amide bonds. The van der Waals surface area contributed by atoms with Crippen LogP contribution < -0.4 is 5.32 Å². The zero-order chi connectivity index (χ0) is 11.9. The third-order valence-electron chi connectivity index (χ3n) is 2.18. The van der Waals surface area contributed by atoms with E-state index in [1.807, 2.05) is 0 Å². The number of hydrogen-bond donors (Lipinski definition) is 2. The van der Waals surface area contributed by atoms with Gasteiger partial charge in [0.15, 0.2) is 0 Å². The van der Waals surface area contributed by atoms with E-state index in [0.717, 1.165) is 0 Å². The number of aliphatic carboxylic acids is 1. The van der Waals surface area contributed by atoms with Gasteiger partial charge >= 0.3 is 5.97 Å². The Balaban J connectivity index is 3.71. The van der Waals surface area contributed by atoms with E-state index in [-0.39, 0.29) is 5.57 Å². The van der Waals surface area contributed by atoms with E-state index in [4.69, 9.17) is 14.6 Å². The first-order valence-electron chi connectivity index (χ1n) is 4.71. The topological polar surface area (TPSA) is 67.8 Å². The number of methoxy groups -OCH3 is 2. The van der Waals surface area contributed by atoms with Crippen molar-refractivity contribution in [1.29, 1.82) is 0 Å². The third-order valence-corrected chi connectivity index (χ3v) is 2.18. The van der Waals surface area contributed by atoms with Crippen molar-refractivity contribution in [2.24, 2.45) is 0 Å². The summed E-state index contributed by atoms with van der Waals surface area (Å²) in [6, 6.07) is 0. The lowest BCUT2D eigenvalue weighted by atomic mass is 10.1. The Bertz CT molecular complexity index is 223. The minimum Gasteiger partial charge on any atom is -0.478 e. The average molecular weight is 217 g/mol. The van der Waals surface area contributed by atoms with Crippen molar-refractivity contribution in [2.45, 2.75) is 25.7 Å². The van der Waals surface area contributed by atoms with Crippen molar-refractivity contribution in [2.75, 3.05) is 20.8 Å². The zero-order valence-electron chi connectivity index (χ0n) is 9.50. The van der Waals surface area contributed by atoms with Crippen LogP contribution in [0, 0.1) is 0 Å². The van der Waals surface area contributed by atoms with E-state index in [2.05, 4.69) is 11.9 Å². The highest BCUT2D eigenvalue weighted by Crippen LogP contribution is 2.06. The molecule has 5 heteroatoms. The van der Waals surface area contributed by atoms with E-state index in [1.165, 1.54) is 14.2 Å². The van der Waals surface area contributed by atoms with Crippen LogP contribution in [0.3, 0.4) is 0 Å². The van der Waals surface area contributed by atoms with Gasteiger partial charge in [0.05, 0.1) is 0 Å². The number of hydrogen-bond acceptors (Lipinski definition) is 4. The molecular formula is C10H19NO4. The lowest BCUT2D eigenvalue weighted by Crippen LogP contribution is -2.46. The first kappa shape index (κ1) is 14.1. The van der Waals surface area contributed by atoms with Crippen LogP contribution in [-0.4, -0.2) is 37.8 Å². The Hall–Kier alpha value is -0.910. The first-order valence-corrected chi connectivity index (χ1v) is 4.71. The number of carboxylic acid groups (broad SMARTS) is 1. The molecule has 5 nitrogen and oxygen atoms in total. The molecule has 0 heterocycles. The summed E-state index contributed by atoms with van der Waals surface area (Å²) in [5, 5.41) is 11.6. The molecule has 88 valence electrons. The molecule has 2 N–H and O–H groups in total. The molecule has 0 aromatic rings. The van der Waals surface area contributed by atoms with Gasteiger partial charge in [-0.1, -0.05) is 6.58 Å². The van der Waals surface area contributed by atoms with Gasteiger partial charge in [0, 0.05) is 33.3 Å². The second kappa shape index (κ2) is 6.55. The smallest absolute Gasteiger partial charge is 0.330 e. The van der Waals surface area contributed by atoms with Crippen molar-refractivity contribution in [3.8, 4) is 0 Å². The molecule has 0 saturated carbocycles. The lowest BCUT2D eigenvalue weighted by Gasteiger charge is -2.27. The van der Waals surface area contributed by atoms with Gasteiger partial charge in [0.1, 0.15) is 0 Å². The molecule has 0 aliphatic rings. The second-order valence-electron chi connectivity index (χ2n) is 3.29. The number of ether oxygens (including phenoxy) is 2. The zero-order valence-corrected chi connectivity index (χ0v) is 9.50. The van der Waals surface area contributed by atoms with Crippen LogP contribution in [0.1, 0.15) is 19.8 Å². The van der Waals surface area contributed by atoms with Gasteiger partial charge < -0.3 is 14.6 Å². The van der Waals surface area contributed by atoms with Crippen LogP contribution in [0.5, 0.6) is 0 Å². The monoisotopic (exact) mass is 217 g/mol. The van der Waals surface area contributed by atoms with Crippen LogP contribution in [0.4, 0.5) is 0 Å². The Morgan fingerprint density at radius 2 is 2.00 bits per heavy atom. The predicted octanol–water partition coefficient (Wildman–Crippen LogP) is 0.964. The number of nitrogens with one attached hydrogen (secondary N) is 1. The Labute approximate surface area is 90.1 Å². The molecule has 0 fully saturated rings. The first-order chi connectivity index (χ1) is 6.95. The van der Waals surface area contributed by atoms with Crippen LogP contribution in [0.15, 0.2) is 12.2 Å². The Kier molecular flexibility index (Phi) is 6.15. The summed E-state index contributed by atoms with van der Waals surface area (Å²) in [7, 11) is 3.07. The van der Waals surface area contributed by atoms with Gasteiger partial charge in [-0.3, -0.25) is 5.32 Å². The van der Waals surface area contributed by atoms with Gasteiger partial charge in [-0.05, 0) is 12.8 Å². The molecule has 15 heavy (non-hydrogen) atoms. The molecular weight excluding hydrogens is 198 g/mol. The van der Waals surface area contributed by atoms with Crippen LogP contribution in [-0.2, 0) is 14.3 Å². The molecule has 0 unspecified atom stereocenters. The van der Waals surface area contributed by atoms with Gasteiger partial charge in [-0.25, -0.2) is 4.79 Å². The number of rotatable bonds is 8. The number of carboxylic acids is 1. The minimum absolute atomic E-state index is 0.216. The minimum atomic E-state index is -0.948. The van der Waals surface area contributed by atoms with Crippen LogP contribution in [0.2, 0.25) is 0 Å². The summed E-state index contributed by atoms with van der Waals surface area (Å²) in [6.07, 6.45) is 1.12. The van der Waals surface area contributed by atoms with Crippen molar-refractivity contribution >= 4 is 5.97 Å². The molecule has 0 aromatic heterocycles. The molecule has 0 bridgehead atoms. The van der Waals surface area contributed by atoms with Gasteiger partial charge in [0.25, 0.3) is 0 Å². The molecule has 0 atom stereocenters. The maximum Gasteiger partial charge on any atom is 0.330 e. The van der Waals surface area contributed by atoms with E-state index in [0.29, 0.717) is 19.4 Å². The SMILES string of the molecule is C=C(CCCNC(C)(OC)OC)C(=O)O. The summed E-state index contributed by atoms with van der Waals surface area (Å²) in [4.78, 5) is 10.4. The fraction of sp³-hybridized carbons (Fsp3) is 0.700. The molecule has 0 aromatic carbocycles. The Morgan fingerprint density at radius 3 is 2.40 bits per heavy atom. The summed E-state index contributed by atoms with van der Waals surface area (Å²) in [6.45, 7) is 5.79. The summed E-state index contributed by atoms with van der Waals surface area (Å²) in [5.41, 5.74) is 0.216. The summed E-state index contributed by atoms with van der Waals surface area (Å²) >= 11 is 0. The summed E-state index contributed by atoms with van der Waals surface area (Å²) < 4.78 is 10.1. The molecule has 0 aliphatic heterocycles. The quantitative estimate of drug-likeness (QED) is 0.360. The Morgan fingerprint density at radius 1 is 1.47 bits per heavy atom. The van der Waals surface area contributed by atoms with Crippen LogP contribution in [0.25, 0.3) is 0 Å². The largest absolute Gasteiger partial charge is 0.478 e. The highest BCUT2D eigenvalue weighted by Gasteiger charge is 2.20. The summed E-state index contributed by atoms with van der Waals surface area (Å²) in [5.74, 6) is -1.76. The predicted molar refractivity (Wildman–Crippen MR) is 56.4 cm³/mol. The van der Waals surface area contributed by atoms with Crippen molar-refractivity contribution in [3.63, 3.8) is 0 Å². The normalized spacial score (nSPS) is 11.4. The fourth-order valence-corrected chi connectivity index (χ4v) is 0.952. The van der Waals surface area contributed by atoms with E-state index < -0.39 is 11.9 Å². The van der Waals surface area contributed by atoms with Gasteiger partial charge in [0.2, 0.25) is 5.91 Å². The molecule has 0 saturated heterocycles. The average Bonchev–Trinajstić information content (AvgIpc) is 2.23. The van der Waals surface area contributed by atoms with Gasteiger partial charge in [-0.15, -0.1) is 0 Å². The second-order valence-corrected chi connectivity index (χ2v) is 3.29. The highest BCUT2D eigenvalue weighted by atomic mass is 16.7. The van der Waals surface area contributed by atoms with E-state index >= 15 is 0 Å². The standard InChI is InChI=1S/C10H19NO4/c1-8(9(12)13)6-5-7-11-10(2,14-3)15-4/h11H,1,5-7H2,2-4H3,(H,12,13). The molecule has 0 aliphatic carbocycles. The molecule has 0 spiro atoms. The highest BCUT2D eigenvalue weighted by molar-refractivity contribution is 5.85. The molecule has 0 radical (unpaired) electrons. The lowest BCUT2D eigenvalue weighted by molar-refractivity contribution is -0.214. The fourth-order valence-electron chi connectivity index (χ4n) is 0.952. The van der Waals surface area contributed by atoms with Gasteiger partial charge in [-0.2, -0.15) is 0 Å². The third kappa shape index (κ3) is 5.51. The van der Waals surface area contributed by atoms with Crippen molar-refractivity contribution in [1.82, 2.24) is 5.32 Å². The van der Waals surface area contributed by atoms with Crippen molar-refractivity contribution in [3.05, 3.63) is 12.2 Å². The number of carbonyl (C=O) groups is 1. The van der Waals surface area contributed by atoms with E-state index in [1.54, 1.807) is 6.92 Å². The van der Waals surface area contributed by atoms with Crippen LogP contribution >= 0.6 is 0 Å².